The summed E-state index contributed by atoms with van der Waals surface area (Å²) in [6, 6.07) is 2.89. The maximum atomic E-state index is 12.8. The molecule has 3 nitrogen and oxygen atoms in total. The van der Waals surface area contributed by atoms with Gasteiger partial charge in [0.25, 0.3) is 0 Å². The molecule has 0 spiro atoms. The van der Waals surface area contributed by atoms with E-state index in [1.54, 1.807) is 6.92 Å². The fourth-order valence-electron chi connectivity index (χ4n) is 1.20. The van der Waals surface area contributed by atoms with Gasteiger partial charge >= 0.3 is 0 Å². The quantitative estimate of drug-likeness (QED) is 0.788. The van der Waals surface area contributed by atoms with Gasteiger partial charge in [-0.25, -0.2) is 8.78 Å². The molecular formula is C10H12F2N2O. The molecule has 0 aliphatic heterocycles. The van der Waals surface area contributed by atoms with Crippen LogP contribution in [0.4, 0.5) is 8.78 Å². The van der Waals surface area contributed by atoms with Crippen molar-refractivity contribution in [1.29, 1.82) is 0 Å². The van der Waals surface area contributed by atoms with Crippen LogP contribution in [0.3, 0.4) is 0 Å². The summed E-state index contributed by atoms with van der Waals surface area (Å²) in [5.74, 6) is -1.80. The molecule has 0 saturated carbocycles. The standard InChI is InChI=1S/C10H12F2N2O/c1-6(14-5-10(13)15)7-2-8(11)4-9(12)3-7/h2-4,6,14H,5H2,1H3,(H2,13,15). The predicted molar refractivity (Wildman–Crippen MR) is 52.0 cm³/mol. The summed E-state index contributed by atoms with van der Waals surface area (Å²) in [7, 11) is 0. The van der Waals surface area contributed by atoms with Crippen LogP contribution in [0.5, 0.6) is 0 Å². The summed E-state index contributed by atoms with van der Waals surface area (Å²) in [5, 5.41) is 2.74. The number of rotatable bonds is 4. The Morgan fingerprint density at radius 2 is 1.93 bits per heavy atom. The number of hydrogen-bond acceptors (Lipinski definition) is 2. The fourth-order valence-corrected chi connectivity index (χ4v) is 1.20. The van der Waals surface area contributed by atoms with E-state index in [0.29, 0.717) is 5.56 Å². The van der Waals surface area contributed by atoms with Gasteiger partial charge in [0, 0.05) is 12.1 Å². The number of nitrogens with two attached hydrogens (primary N) is 1. The molecule has 1 aromatic carbocycles. The van der Waals surface area contributed by atoms with E-state index in [1.165, 1.54) is 12.1 Å². The third-order valence-corrected chi connectivity index (χ3v) is 1.97. The van der Waals surface area contributed by atoms with E-state index in [9.17, 15) is 13.6 Å². The number of nitrogens with one attached hydrogen (secondary N) is 1. The maximum absolute atomic E-state index is 12.8. The van der Waals surface area contributed by atoms with Gasteiger partial charge in [0.05, 0.1) is 6.54 Å². The highest BCUT2D eigenvalue weighted by atomic mass is 19.1. The van der Waals surface area contributed by atoms with Crippen LogP contribution in [0.25, 0.3) is 0 Å². The number of hydrogen-bond donors (Lipinski definition) is 2. The lowest BCUT2D eigenvalue weighted by atomic mass is 10.1. The lowest BCUT2D eigenvalue weighted by molar-refractivity contribution is -0.117. The van der Waals surface area contributed by atoms with E-state index in [1.807, 2.05) is 0 Å². The average molecular weight is 214 g/mol. The molecule has 0 radical (unpaired) electrons. The van der Waals surface area contributed by atoms with Crippen LogP contribution in [0.2, 0.25) is 0 Å². The van der Waals surface area contributed by atoms with Crippen molar-refractivity contribution in [2.45, 2.75) is 13.0 Å². The third kappa shape index (κ3) is 3.63. The fraction of sp³-hybridized carbons (Fsp3) is 0.300. The van der Waals surface area contributed by atoms with Gasteiger partial charge in [-0.2, -0.15) is 0 Å². The summed E-state index contributed by atoms with van der Waals surface area (Å²) in [6.45, 7) is 1.66. The second kappa shape index (κ2) is 4.84. The highest BCUT2D eigenvalue weighted by Crippen LogP contribution is 2.15. The van der Waals surface area contributed by atoms with E-state index in [4.69, 9.17) is 5.73 Å². The number of carbonyl (C=O) groups is 1. The van der Waals surface area contributed by atoms with Crippen LogP contribution < -0.4 is 11.1 Å². The smallest absolute Gasteiger partial charge is 0.231 e. The number of benzene rings is 1. The zero-order valence-electron chi connectivity index (χ0n) is 8.26. The van der Waals surface area contributed by atoms with Gasteiger partial charge in [-0.05, 0) is 24.6 Å². The summed E-state index contributed by atoms with van der Waals surface area (Å²) < 4.78 is 25.7. The molecule has 5 heteroatoms. The molecule has 0 heterocycles. The second-order valence-electron chi connectivity index (χ2n) is 3.27. The first-order valence-corrected chi connectivity index (χ1v) is 4.46. The van der Waals surface area contributed by atoms with Crippen LogP contribution in [0.1, 0.15) is 18.5 Å². The van der Waals surface area contributed by atoms with Crippen molar-refractivity contribution in [3.05, 3.63) is 35.4 Å². The van der Waals surface area contributed by atoms with Crippen molar-refractivity contribution >= 4 is 5.91 Å². The Hall–Kier alpha value is -1.49. The molecule has 1 aromatic rings. The molecular weight excluding hydrogens is 202 g/mol. The molecule has 1 rings (SSSR count). The lowest BCUT2D eigenvalue weighted by Crippen LogP contribution is -2.30. The van der Waals surface area contributed by atoms with E-state index >= 15 is 0 Å². The zero-order valence-corrected chi connectivity index (χ0v) is 8.26. The van der Waals surface area contributed by atoms with Gasteiger partial charge in [-0.1, -0.05) is 0 Å². The van der Waals surface area contributed by atoms with E-state index in [-0.39, 0.29) is 12.6 Å². The molecule has 0 bridgehead atoms. The Morgan fingerprint density at radius 3 is 2.40 bits per heavy atom. The SMILES string of the molecule is CC(NCC(N)=O)c1cc(F)cc(F)c1. The van der Waals surface area contributed by atoms with Crippen LogP contribution in [0.15, 0.2) is 18.2 Å². The molecule has 0 fully saturated rings. The molecule has 3 N–H and O–H groups in total. The van der Waals surface area contributed by atoms with Gasteiger partial charge in [0.15, 0.2) is 0 Å². The van der Waals surface area contributed by atoms with Gasteiger partial charge in [-0.3, -0.25) is 4.79 Å². The summed E-state index contributed by atoms with van der Waals surface area (Å²) in [6.07, 6.45) is 0. The topological polar surface area (TPSA) is 55.1 Å². The molecule has 0 saturated heterocycles. The minimum Gasteiger partial charge on any atom is -0.369 e. The molecule has 1 amide bonds. The highest BCUT2D eigenvalue weighted by Gasteiger charge is 2.08. The Balaban J connectivity index is 2.72. The molecule has 1 unspecified atom stereocenters. The van der Waals surface area contributed by atoms with Gasteiger partial charge in [0.1, 0.15) is 11.6 Å². The third-order valence-electron chi connectivity index (χ3n) is 1.97. The average Bonchev–Trinajstić information content (AvgIpc) is 2.12. The number of carbonyl (C=O) groups excluding carboxylic acids is 1. The van der Waals surface area contributed by atoms with Crippen molar-refractivity contribution < 1.29 is 13.6 Å². The zero-order chi connectivity index (χ0) is 11.4. The van der Waals surface area contributed by atoms with Crippen LogP contribution >= 0.6 is 0 Å². The minimum absolute atomic E-state index is 0.0285. The van der Waals surface area contributed by atoms with Gasteiger partial charge in [0.2, 0.25) is 5.91 Å². The van der Waals surface area contributed by atoms with Crippen molar-refractivity contribution in [3.8, 4) is 0 Å². The first-order chi connectivity index (χ1) is 6.99. The first-order valence-electron chi connectivity index (χ1n) is 4.46. The van der Waals surface area contributed by atoms with Crippen LogP contribution in [-0.2, 0) is 4.79 Å². The Bertz CT molecular complexity index is 348. The summed E-state index contributed by atoms with van der Waals surface area (Å²) in [4.78, 5) is 10.5. The lowest BCUT2D eigenvalue weighted by Gasteiger charge is -2.12. The summed E-state index contributed by atoms with van der Waals surface area (Å²) in [5.41, 5.74) is 5.37. The number of halogens is 2. The monoisotopic (exact) mass is 214 g/mol. The van der Waals surface area contributed by atoms with Gasteiger partial charge in [-0.15, -0.1) is 0 Å². The van der Waals surface area contributed by atoms with E-state index < -0.39 is 17.5 Å². The van der Waals surface area contributed by atoms with E-state index in [2.05, 4.69) is 5.32 Å². The molecule has 0 aromatic heterocycles. The predicted octanol–water partition coefficient (Wildman–Crippen LogP) is 1.10. The normalized spacial score (nSPS) is 12.5. The second-order valence-corrected chi connectivity index (χ2v) is 3.27. The molecule has 1 atom stereocenters. The minimum atomic E-state index is -0.641. The number of amides is 1. The Morgan fingerprint density at radius 1 is 1.40 bits per heavy atom. The first kappa shape index (κ1) is 11.6. The van der Waals surface area contributed by atoms with Crippen LogP contribution in [-0.4, -0.2) is 12.5 Å². The Kier molecular flexibility index (Phi) is 3.74. The van der Waals surface area contributed by atoms with Crippen LogP contribution in [0, 0.1) is 11.6 Å². The van der Waals surface area contributed by atoms with Crippen molar-refractivity contribution in [2.75, 3.05) is 6.54 Å². The van der Waals surface area contributed by atoms with Crippen molar-refractivity contribution in [1.82, 2.24) is 5.32 Å². The molecule has 15 heavy (non-hydrogen) atoms. The largest absolute Gasteiger partial charge is 0.369 e. The van der Waals surface area contributed by atoms with Crippen molar-refractivity contribution in [2.24, 2.45) is 5.73 Å². The van der Waals surface area contributed by atoms with Crippen molar-refractivity contribution in [3.63, 3.8) is 0 Å². The van der Waals surface area contributed by atoms with Gasteiger partial charge < -0.3 is 11.1 Å². The molecule has 82 valence electrons. The molecule has 0 aliphatic carbocycles. The summed E-state index contributed by atoms with van der Waals surface area (Å²) >= 11 is 0. The number of primary amides is 1. The maximum Gasteiger partial charge on any atom is 0.231 e. The molecule has 0 aliphatic rings. The van der Waals surface area contributed by atoms with E-state index in [0.717, 1.165) is 6.07 Å². The Labute approximate surface area is 86.3 Å². The highest BCUT2D eigenvalue weighted by molar-refractivity contribution is 5.75.